The van der Waals surface area contributed by atoms with Gasteiger partial charge in [0.2, 0.25) is 0 Å². The Kier molecular flexibility index (Phi) is 2.59. The van der Waals surface area contributed by atoms with Crippen LogP contribution in [0.4, 0.5) is 0 Å². The predicted octanol–water partition coefficient (Wildman–Crippen LogP) is 3.60. The van der Waals surface area contributed by atoms with Gasteiger partial charge in [-0.3, -0.25) is 4.79 Å². The third-order valence-corrected chi connectivity index (χ3v) is 2.98. The highest BCUT2D eigenvalue weighted by atomic mass is 16.6. The van der Waals surface area contributed by atoms with Gasteiger partial charge in [0.1, 0.15) is 5.60 Å². The molecule has 0 N–H and O–H groups in total. The van der Waals surface area contributed by atoms with E-state index in [0.29, 0.717) is 12.0 Å². The molecule has 4 nitrogen and oxygen atoms in total. The number of furan rings is 1. The molecule has 0 atom stereocenters. The number of para-hydroxylation sites is 1. The molecule has 4 heteroatoms. The Morgan fingerprint density at radius 2 is 2.11 bits per heavy atom. The van der Waals surface area contributed by atoms with E-state index in [4.69, 9.17) is 13.9 Å². The quantitative estimate of drug-likeness (QED) is 0.789. The summed E-state index contributed by atoms with van der Waals surface area (Å²) >= 11 is 0. The SMILES string of the molecule is CC1(C)Cc2cccc(Oc3ccc(C=O)o3)c2O1. The van der Waals surface area contributed by atoms with Crippen molar-refractivity contribution >= 4 is 6.29 Å². The lowest BCUT2D eigenvalue weighted by Crippen LogP contribution is -2.24. The summed E-state index contributed by atoms with van der Waals surface area (Å²) in [6.45, 7) is 4.07. The molecule has 0 saturated heterocycles. The average Bonchev–Trinajstić information content (AvgIpc) is 2.92. The summed E-state index contributed by atoms with van der Waals surface area (Å²) in [5.74, 6) is 1.87. The molecule has 0 fully saturated rings. The highest BCUT2D eigenvalue weighted by molar-refractivity contribution is 5.70. The first kappa shape index (κ1) is 11.8. The van der Waals surface area contributed by atoms with Crippen LogP contribution in [0.15, 0.2) is 34.7 Å². The van der Waals surface area contributed by atoms with Gasteiger partial charge < -0.3 is 13.9 Å². The van der Waals surface area contributed by atoms with Gasteiger partial charge in [-0.1, -0.05) is 12.1 Å². The normalized spacial score (nSPS) is 15.7. The van der Waals surface area contributed by atoms with Crippen LogP contribution < -0.4 is 9.47 Å². The van der Waals surface area contributed by atoms with E-state index in [1.165, 1.54) is 0 Å². The van der Waals surface area contributed by atoms with Crippen molar-refractivity contribution in [2.24, 2.45) is 0 Å². The minimum atomic E-state index is -0.223. The number of hydrogen-bond acceptors (Lipinski definition) is 4. The Morgan fingerprint density at radius 1 is 1.26 bits per heavy atom. The zero-order valence-corrected chi connectivity index (χ0v) is 10.8. The van der Waals surface area contributed by atoms with E-state index in [1.54, 1.807) is 12.1 Å². The molecule has 0 aliphatic carbocycles. The maximum atomic E-state index is 10.6. The molecule has 2 aromatic rings. The van der Waals surface area contributed by atoms with Gasteiger partial charge in [-0.2, -0.15) is 0 Å². The molecule has 98 valence electrons. The monoisotopic (exact) mass is 258 g/mol. The first-order chi connectivity index (χ1) is 9.07. The second-order valence-electron chi connectivity index (χ2n) is 5.16. The number of ether oxygens (including phenoxy) is 2. The Balaban J connectivity index is 1.91. The smallest absolute Gasteiger partial charge is 0.290 e. The van der Waals surface area contributed by atoms with Crippen molar-refractivity contribution in [1.82, 2.24) is 0 Å². The number of carbonyl (C=O) groups excluding carboxylic acids is 1. The summed E-state index contributed by atoms with van der Waals surface area (Å²) < 4.78 is 16.7. The van der Waals surface area contributed by atoms with Crippen molar-refractivity contribution in [3.05, 3.63) is 41.7 Å². The summed E-state index contributed by atoms with van der Waals surface area (Å²) in [5, 5.41) is 0. The molecule has 19 heavy (non-hydrogen) atoms. The summed E-state index contributed by atoms with van der Waals surface area (Å²) in [6.07, 6.45) is 1.49. The van der Waals surface area contributed by atoms with Gasteiger partial charge in [0.05, 0.1) is 0 Å². The van der Waals surface area contributed by atoms with Gasteiger partial charge in [0.25, 0.3) is 5.95 Å². The average molecular weight is 258 g/mol. The van der Waals surface area contributed by atoms with E-state index in [2.05, 4.69) is 0 Å². The van der Waals surface area contributed by atoms with Gasteiger partial charge >= 0.3 is 0 Å². The second kappa shape index (κ2) is 4.16. The molecule has 0 bridgehead atoms. The summed E-state index contributed by atoms with van der Waals surface area (Å²) in [5.41, 5.74) is 0.892. The summed E-state index contributed by atoms with van der Waals surface area (Å²) in [4.78, 5) is 10.6. The lowest BCUT2D eigenvalue weighted by molar-refractivity contribution is 0.109. The molecule has 0 amide bonds. The van der Waals surface area contributed by atoms with Crippen molar-refractivity contribution in [2.45, 2.75) is 25.9 Å². The fourth-order valence-corrected chi connectivity index (χ4v) is 2.23. The second-order valence-corrected chi connectivity index (χ2v) is 5.16. The van der Waals surface area contributed by atoms with Crippen molar-refractivity contribution in [3.8, 4) is 17.4 Å². The molecule has 0 radical (unpaired) electrons. The molecule has 1 aliphatic heterocycles. The Morgan fingerprint density at radius 3 is 2.84 bits per heavy atom. The number of aldehydes is 1. The van der Waals surface area contributed by atoms with Crippen LogP contribution in [-0.2, 0) is 6.42 Å². The number of benzene rings is 1. The standard InChI is InChI=1S/C15H14O4/c1-15(2)8-10-4-3-5-12(14(10)19-15)18-13-7-6-11(9-16)17-13/h3-7,9H,8H2,1-2H3. The minimum Gasteiger partial charge on any atom is -0.483 e. The van der Waals surface area contributed by atoms with Gasteiger partial charge in [-0.25, -0.2) is 0 Å². The zero-order valence-electron chi connectivity index (χ0n) is 10.8. The fourth-order valence-electron chi connectivity index (χ4n) is 2.23. The van der Waals surface area contributed by atoms with Crippen LogP contribution in [0.3, 0.4) is 0 Å². The number of hydrogen-bond donors (Lipinski definition) is 0. The third kappa shape index (κ3) is 2.21. The van der Waals surface area contributed by atoms with Gasteiger partial charge in [-0.05, 0) is 26.0 Å². The van der Waals surface area contributed by atoms with E-state index in [-0.39, 0.29) is 17.3 Å². The maximum absolute atomic E-state index is 10.6. The van der Waals surface area contributed by atoms with E-state index < -0.39 is 0 Å². The molecule has 0 unspecified atom stereocenters. The van der Waals surface area contributed by atoms with Crippen molar-refractivity contribution in [3.63, 3.8) is 0 Å². The van der Waals surface area contributed by atoms with Crippen molar-refractivity contribution in [1.29, 1.82) is 0 Å². The molecular formula is C15H14O4. The lowest BCUT2D eigenvalue weighted by atomic mass is 10.0. The molecule has 1 aromatic carbocycles. The Hall–Kier alpha value is -2.23. The molecule has 0 spiro atoms. The van der Waals surface area contributed by atoms with Crippen LogP contribution >= 0.6 is 0 Å². The Bertz CT molecular complexity index is 625. The summed E-state index contributed by atoms with van der Waals surface area (Å²) in [6, 6.07) is 8.95. The van der Waals surface area contributed by atoms with Crippen LogP contribution in [0, 0.1) is 0 Å². The van der Waals surface area contributed by atoms with E-state index in [0.717, 1.165) is 17.7 Å². The third-order valence-electron chi connectivity index (χ3n) is 2.98. The highest BCUT2D eigenvalue weighted by Gasteiger charge is 2.32. The van der Waals surface area contributed by atoms with Crippen LogP contribution in [0.5, 0.6) is 17.4 Å². The van der Waals surface area contributed by atoms with Gasteiger partial charge in [-0.15, -0.1) is 0 Å². The molecule has 1 aliphatic rings. The molecule has 2 heterocycles. The van der Waals surface area contributed by atoms with Crippen molar-refractivity contribution in [2.75, 3.05) is 0 Å². The molecule has 1 aromatic heterocycles. The number of fused-ring (bicyclic) bond motifs is 1. The zero-order chi connectivity index (χ0) is 13.5. The number of rotatable bonds is 3. The van der Waals surface area contributed by atoms with Gasteiger partial charge in [0.15, 0.2) is 23.5 Å². The lowest BCUT2D eigenvalue weighted by Gasteiger charge is -2.17. The highest BCUT2D eigenvalue weighted by Crippen LogP contribution is 2.43. The van der Waals surface area contributed by atoms with Gasteiger partial charge in [0, 0.05) is 18.1 Å². The Labute approximate surface area is 110 Å². The first-order valence-corrected chi connectivity index (χ1v) is 6.11. The molecule has 0 saturated carbocycles. The predicted molar refractivity (Wildman–Crippen MR) is 69.0 cm³/mol. The maximum Gasteiger partial charge on any atom is 0.290 e. The van der Waals surface area contributed by atoms with E-state index >= 15 is 0 Å². The molecule has 3 rings (SSSR count). The van der Waals surface area contributed by atoms with E-state index in [1.807, 2.05) is 32.0 Å². The van der Waals surface area contributed by atoms with Crippen LogP contribution in [0.25, 0.3) is 0 Å². The van der Waals surface area contributed by atoms with E-state index in [9.17, 15) is 4.79 Å². The number of carbonyl (C=O) groups is 1. The largest absolute Gasteiger partial charge is 0.483 e. The topological polar surface area (TPSA) is 48.7 Å². The fraction of sp³-hybridized carbons (Fsp3) is 0.267. The van der Waals surface area contributed by atoms with Crippen LogP contribution in [0.2, 0.25) is 0 Å². The summed E-state index contributed by atoms with van der Waals surface area (Å²) in [7, 11) is 0. The molecular weight excluding hydrogens is 244 g/mol. The minimum absolute atomic E-state index is 0.223. The van der Waals surface area contributed by atoms with Crippen LogP contribution in [-0.4, -0.2) is 11.9 Å². The van der Waals surface area contributed by atoms with Crippen LogP contribution in [0.1, 0.15) is 30.0 Å². The van der Waals surface area contributed by atoms with Crippen molar-refractivity contribution < 1.29 is 18.7 Å². The first-order valence-electron chi connectivity index (χ1n) is 6.11.